The number of Topliss-reactive ketones (excluding diaryl/α,β-unsaturated/α-hetero) is 1. The lowest BCUT2D eigenvalue weighted by Crippen LogP contribution is -2.31. The van der Waals surface area contributed by atoms with Crippen molar-refractivity contribution in [2.75, 3.05) is 28.1 Å². The van der Waals surface area contributed by atoms with Gasteiger partial charge in [0.2, 0.25) is 6.79 Å². The third kappa shape index (κ3) is 9.72. The number of ketones is 1. The molecule has 44 heavy (non-hydrogen) atoms. The van der Waals surface area contributed by atoms with Crippen LogP contribution in [0.3, 0.4) is 0 Å². The quantitative estimate of drug-likeness (QED) is 0.108. The molecule has 0 N–H and O–H groups in total. The minimum Gasteiger partial charge on any atom is -0.497 e. The summed E-state index contributed by atoms with van der Waals surface area (Å²) >= 11 is 0. The molecule has 236 valence electrons. The number of hydrogen-bond donors (Lipinski definition) is 0. The molecule has 0 radical (unpaired) electrons. The average Bonchev–Trinajstić information content (AvgIpc) is 3.03. The number of esters is 2. The molecule has 0 aliphatic rings. The lowest BCUT2D eigenvalue weighted by Gasteiger charge is -2.26. The van der Waals surface area contributed by atoms with E-state index in [-0.39, 0.29) is 29.5 Å². The fraction of sp³-hybridized carbons (Fsp3) is 0.412. The van der Waals surface area contributed by atoms with Gasteiger partial charge in [-0.1, -0.05) is 31.2 Å². The molecule has 0 saturated carbocycles. The summed E-state index contributed by atoms with van der Waals surface area (Å²) in [7, 11) is 4.67. The van der Waals surface area contributed by atoms with E-state index in [0.717, 1.165) is 22.6 Å². The van der Waals surface area contributed by atoms with Crippen molar-refractivity contribution in [3.63, 3.8) is 0 Å². The van der Waals surface area contributed by atoms with Crippen molar-refractivity contribution in [1.29, 1.82) is 0 Å². The molecule has 0 spiro atoms. The molecule has 0 saturated heterocycles. The van der Waals surface area contributed by atoms with Gasteiger partial charge in [0, 0.05) is 31.5 Å². The third-order valence-electron chi connectivity index (χ3n) is 7.31. The largest absolute Gasteiger partial charge is 0.497 e. The van der Waals surface area contributed by atoms with E-state index < -0.39 is 36.5 Å². The number of pyridine rings is 1. The molecule has 0 bridgehead atoms. The van der Waals surface area contributed by atoms with Crippen LogP contribution in [0, 0.1) is 11.8 Å². The van der Waals surface area contributed by atoms with Gasteiger partial charge < -0.3 is 28.4 Å². The predicted octanol–water partition coefficient (Wildman–Crippen LogP) is 5.64. The van der Waals surface area contributed by atoms with Gasteiger partial charge >= 0.3 is 11.9 Å². The van der Waals surface area contributed by atoms with Crippen molar-refractivity contribution in [1.82, 2.24) is 4.98 Å². The van der Waals surface area contributed by atoms with Crippen LogP contribution in [-0.4, -0.2) is 56.9 Å². The van der Waals surface area contributed by atoms with Gasteiger partial charge in [-0.25, -0.2) is 4.98 Å². The predicted molar refractivity (Wildman–Crippen MR) is 163 cm³/mol. The molecule has 0 amide bonds. The van der Waals surface area contributed by atoms with Crippen molar-refractivity contribution < 1.29 is 42.8 Å². The molecule has 2 atom stereocenters. The number of benzene rings is 2. The molecule has 0 aliphatic carbocycles. The van der Waals surface area contributed by atoms with Gasteiger partial charge in [-0.05, 0) is 61.6 Å². The van der Waals surface area contributed by atoms with Gasteiger partial charge in [0.15, 0.2) is 23.0 Å². The molecule has 1 heterocycles. The number of hydrogen-bond acceptors (Lipinski definition) is 10. The van der Waals surface area contributed by atoms with Crippen LogP contribution >= 0.6 is 0 Å². The Bertz CT molecular complexity index is 1360. The zero-order valence-corrected chi connectivity index (χ0v) is 26.2. The first kappa shape index (κ1) is 33.9. The van der Waals surface area contributed by atoms with E-state index in [0.29, 0.717) is 19.3 Å². The minimum atomic E-state index is -0.714. The fourth-order valence-corrected chi connectivity index (χ4v) is 4.80. The highest BCUT2D eigenvalue weighted by Gasteiger charge is 2.30. The summed E-state index contributed by atoms with van der Waals surface area (Å²) in [4.78, 5) is 42.2. The number of aromatic nitrogens is 1. The maximum absolute atomic E-state index is 13.5. The van der Waals surface area contributed by atoms with Crippen LogP contribution in [0.25, 0.3) is 0 Å². The molecule has 2 aromatic carbocycles. The second kappa shape index (κ2) is 16.9. The van der Waals surface area contributed by atoms with E-state index in [2.05, 4.69) is 4.98 Å². The Balaban J connectivity index is 1.78. The summed E-state index contributed by atoms with van der Waals surface area (Å²) < 4.78 is 32.5. The Morgan fingerprint density at radius 1 is 0.864 bits per heavy atom. The van der Waals surface area contributed by atoms with Crippen LogP contribution in [-0.2, 0) is 31.9 Å². The first-order valence-electron chi connectivity index (χ1n) is 14.5. The Labute approximate surface area is 258 Å². The summed E-state index contributed by atoms with van der Waals surface area (Å²) in [6.07, 6.45) is 2.43. The Morgan fingerprint density at radius 3 is 2.00 bits per heavy atom. The summed E-state index contributed by atoms with van der Waals surface area (Å²) in [6, 6.07) is 17.2. The third-order valence-corrected chi connectivity index (χ3v) is 7.31. The smallest absolute Gasteiger partial charge is 0.309 e. The summed E-state index contributed by atoms with van der Waals surface area (Å²) in [5.41, 5.74) is 2.07. The standard InChI is InChI=1S/C34H41NO9/c1-7-26(20-30(37)32-33(43-21-42-23(3)36)31(41-6)14-15-35-32)34(38)44-22(2)27(16-24-10-8-12-28(18-24)39-4)17-25-11-9-13-29(19-25)40-5/h8-15,18-19,22,26-27H,7,16-17,20-21H2,1-6H3/t22-,26+/m0/s1. The van der Waals surface area contributed by atoms with Gasteiger partial charge in [0.1, 0.15) is 17.6 Å². The number of rotatable bonds is 17. The van der Waals surface area contributed by atoms with Crippen LogP contribution < -0.4 is 18.9 Å². The van der Waals surface area contributed by atoms with E-state index in [4.69, 9.17) is 28.4 Å². The van der Waals surface area contributed by atoms with Crippen LogP contribution in [0.1, 0.15) is 55.2 Å². The maximum Gasteiger partial charge on any atom is 0.309 e. The SMILES string of the molecule is CC[C@H](CC(=O)c1nccc(OC)c1OCOC(C)=O)C(=O)O[C@@H](C)C(Cc1cccc(OC)c1)Cc1cccc(OC)c1. The zero-order valence-electron chi connectivity index (χ0n) is 26.2. The molecule has 0 aliphatic heterocycles. The van der Waals surface area contributed by atoms with Crippen molar-refractivity contribution in [2.45, 2.75) is 52.6 Å². The number of nitrogens with zero attached hydrogens (tertiary/aromatic N) is 1. The molecule has 10 nitrogen and oxygen atoms in total. The first-order valence-corrected chi connectivity index (χ1v) is 14.5. The van der Waals surface area contributed by atoms with Crippen molar-refractivity contribution >= 4 is 17.7 Å². The summed E-state index contributed by atoms with van der Waals surface area (Å²) in [6.45, 7) is 4.52. The van der Waals surface area contributed by atoms with E-state index in [1.807, 2.05) is 62.4 Å². The van der Waals surface area contributed by atoms with Gasteiger partial charge in [0.05, 0.1) is 27.2 Å². The molecule has 3 aromatic rings. The highest BCUT2D eigenvalue weighted by Crippen LogP contribution is 2.32. The molecule has 10 heteroatoms. The average molecular weight is 608 g/mol. The Kier molecular flexibility index (Phi) is 13.0. The van der Waals surface area contributed by atoms with Crippen LogP contribution in [0.15, 0.2) is 60.8 Å². The van der Waals surface area contributed by atoms with E-state index in [1.54, 1.807) is 14.2 Å². The zero-order chi connectivity index (χ0) is 32.1. The molecular weight excluding hydrogens is 566 g/mol. The normalized spacial score (nSPS) is 12.2. The molecule has 3 rings (SSSR count). The summed E-state index contributed by atoms with van der Waals surface area (Å²) in [5, 5.41) is 0. The second-order valence-electron chi connectivity index (χ2n) is 10.3. The van der Waals surface area contributed by atoms with Gasteiger partial charge in [-0.15, -0.1) is 0 Å². The van der Waals surface area contributed by atoms with Crippen LogP contribution in [0.5, 0.6) is 23.0 Å². The number of methoxy groups -OCH3 is 3. The first-order chi connectivity index (χ1) is 21.2. The van der Waals surface area contributed by atoms with Crippen molar-refractivity contribution in [2.24, 2.45) is 11.8 Å². The second-order valence-corrected chi connectivity index (χ2v) is 10.3. The van der Waals surface area contributed by atoms with Gasteiger partial charge in [-0.3, -0.25) is 14.4 Å². The number of carbonyl (C=O) groups excluding carboxylic acids is 3. The molecular formula is C34H41NO9. The minimum absolute atomic E-state index is 0.0234. The lowest BCUT2D eigenvalue weighted by atomic mass is 9.88. The Morgan fingerprint density at radius 2 is 1.48 bits per heavy atom. The highest BCUT2D eigenvalue weighted by molar-refractivity contribution is 5.99. The number of carbonyl (C=O) groups is 3. The monoisotopic (exact) mass is 607 g/mol. The van der Waals surface area contributed by atoms with E-state index in [1.165, 1.54) is 26.3 Å². The molecule has 0 unspecified atom stereocenters. The number of ether oxygens (including phenoxy) is 6. The fourth-order valence-electron chi connectivity index (χ4n) is 4.80. The topological polar surface area (TPSA) is 119 Å². The lowest BCUT2D eigenvalue weighted by molar-refractivity contribution is -0.156. The van der Waals surface area contributed by atoms with E-state index >= 15 is 0 Å². The van der Waals surface area contributed by atoms with Crippen molar-refractivity contribution in [3.05, 3.63) is 77.6 Å². The van der Waals surface area contributed by atoms with Gasteiger partial charge in [-0.2, -0.15) is 0 Å². The van der Waals surface area contributed by atoms with Crippen molar-refractivity contribution in [3.8, 4) is 23.0 Å². The highest BCUT2D eigenvalue weighted by atomic mass is 16.7. The van der Waals surface area contributed by atoms with Gasteiger partial charge in [0.25, 0.3) is 0 Å². The van der Waals surface area contributed by atoms with Crippen LogP contribution in [0.2, 0.25) is 0 Å². The maximum atomic E-state index is 13.5. The van der Waals surface area contributed by atoms with E-state index in [9.17, 15) is 14.4 Å². The van der Waals surface area contributed by atoms with Crippen LogP contribution in [0.4, 0.5) is 0 Å². The Hall–Kier alpha value is -4.60. The molecule has 0 fully saturated rings. The summed E-state index contributed by atoms with van der Waals surface area (Å²) in [5.74, 6) is -0.450. The molecule has 1 aromatic heterocycles.